The zero-order chi connectivity index (χ0) is 10.9. The molecule has 0 aliphatic carbocycles. The van der Waals surface area contributed by atoms with Crippen LogP contribution < -0.4 is 0 Å². The molecular formula is C13H18BrI. The number of rotatable bonds is 7. The second kappa shape index (κ2) is 8.57. The Hall–Kier alpha value is 0.430. The lowest BCUT2D eigenvalue weighted by Gasteiger charge is -2.04. The summed E-state index contributed by atoms with van der Waals surface area (Å²) in [4.78, 5) is 0. The topological polar surface area (TPSA) is 0 Å². The van der Waals surface area contributed by atoms with Gasteiger partial charge in [-0.1, -0.05) is 62.8 Å². The molecule has 0 aromatic heterocycles. The van der Waals surface area contributed by atoms with Gasteiger partial charge in [0, 0.05) is 5.33 Å². The van der Waals surface area contributed by atoms with Gasteiger partial charge in [-0.25, -0.2) is 0 Å². The Morgan fingerprint density at radius 2 is 1.67 bits per heavy atom. The van der Waals surface area contributed by atoms with Crippen molar-refractivity contribution in [3.05, 3.63) is 35.4 Å². The van der Waals surface area contributed by atoms with E-state index < -0.39 is 0 Å². The van der Waals surface area contributed by atoms with E-state index in [1.165, 1.54) is 47.7 Å². The minimum atomic E-state index is 1.13. The molecule has 0 aliphatic heterocycles. The first-order chi connectivity index (χ1) is 7.36. The fourth-order valence-electron chi connectivity index (χ4n) is 1.64. The first-order valence-electron chi connectivity index (χ1n) is 5.56. The van der Waals surface area contributed by atoms with E-state index in [4.69, 9.17) is 0 Å². The molecule has 0 aliphatic rings. The number of hydrogen-bond donors (Lipinski definition) is 0. The highest BCUT2D eigenvalue weighted by atomic mass is 127. The van der Waals surface area contributed by atoms with Gasteiger partial charge in [0.15, 0.2) is 0 Å². The number of benzene rings is 1. The maximum atomic E-state index is 3.47. The molecule has 1 rings (SSSR count). The predicted octanol–water partition coefficient (Wildman–Crippen LogP) is 4.77. The largest absolute Gasteiger partial charge is 0.0928 e. The van der Waals surface area contributed by atoms with Crippen molar-refractivity contribution >= 4 is 38.5 Å². The molecule has 0 saturated heterocycles. The summed E-state index contributed by atoms with van der Waals surface area (Å²) >= 11 is 5.92. The maximum Gasteiger partial charge on any atom is 0.00314 e. The fourth-order valence-corrected chi connectivity index (χ4v) is 2.41. The van der Waals surface area contributed by atoms with Crippen LogP contribution >= 0.6 is 38.5 Å². The Balaban J connectivity index is 2.42. The third-order valence-corrected chi connectivity index (χ3v) is 3.76. The second-order valence-electron chi connectivity index (χ2n) is 3.76. The molecule has 0 amide bonds. The summed E-state index contributed by atoms with van der Waals surface area (Å²) in [5.41, 5.74) is 3.00. The zero-order valence-electron chi connectivity index (χ0n) is 9.02. The van der Waals surface area contributed by atoms with Crippen LogP contribution in [0.3, 0.4) is 0 Å². The standard InChI is InChI=1S/C13H18BrI/c14-9-2-1-5-12-6-3-7-13(11-12)8-4-10-15/h3,6-7,11H,1-2,4-5,8-10H2. The molecule has 1 aromatic carbocycles. The van der Waals surface area contributed by atoms with E-state index in [-0.39, 0.29) is 0 Å². The van der Waals surface area contributed by atoms with E-state index in [1.807, 2.05) is 0 Å². The highest BCUT2D eigenvalue weighted by Gasteiger charge is 1.96. The van der Waals surface area contributed by atoms with Gasteiger partial charge in [0.05, 0.1) is 0 Å². The van der Waals surface area contributed by atoms with Gasteiger partial charge in [-0.2, -0.15) is 0 Å². The van der Waals surface area contributed by atoms with Gasteiger partial charge in [0.2, 0.25) is 0 Å². The Morgan fingerprint density at radius 1 is 1.00 bits per heavy atom. The zero-order valence-corrected chi connectivity index (χ0v) is 12.8. The van der Waals surface area contributed by atoms with E-state index in [0.717, 1.165) is 5.33 Å². The molecule has 2 heteroatoms. The Labute approximate surface area is 115 Å². The number of unbranched alkanes of at least 4 members (excludes halogenated alkanes) is 1. The van der Waals surface area contributed by atoms with E-state index in [2.05, 4.69) is 62.8 Å². The number of halogens is 2. The SMILES string of the molecule is BrCCCCc1cccc(CCCI)c1. The van der Waals surface area contributed by atoms with E-state index >= 15 is 0 Å². The molecule has 1 aromatic rings. The minimum Gasteiger partial charge on any atom is -0.0928 e. The normalized spacial score (nSPS) is 10.5. The van der Waals surface area contributed by atoms with Crippen LogP contribution in [0.1, 0.15) is 30.4 Å². The van der Waals surface area contributed by atoms with Crippen molar-refractivity contribution in [3.8, 4) is 0 Å². The lowest BCUT2D eigenvalue weighted by molar-refractivity contribution is 0.803. The van der Waals surface area contributed by atoms with Crippen molar-refractivity contribution < 1.29 is 0 Å². The van der Waals surface area contributed by atoms with Crippen LogP contribution in [0.4, 0.5) is 0 Å². The molecular weight excluding hydrogens is 363 g/mol. The molecule has 0 spiro atoms. The van der Waals surface area contributed by atoms with Gasteiger partial charge in [0.25, 0.3) is 0 Å². The van der Waals surface area contributed by atoms with Gasteiger partial charge in [-0.05, 0) is 47.7 Å². The van der Waals surface area contributed by atoms with Gasteiger partial charge in [-0.15, -0.1) is 0 Å². The number of alkyl halides is 2. The summed E-state index contributed by atoms with van der Waals surface area (Å²) in [6, 6.07) is 9.08. The van der Waals surface area contributed by atoms with Crippen LogP contribution in [0, 0.1) is 0 Å². The third-order valence-electron chi connectivity index (χ3n) is 2.44. The smallest absolute Gasteiger partial charge is 0.00314 e. The highest BCUT2D eigenvalue weighted by molar-refractivity contribution is 14.1. The third kappa shape index (κ3) is 5.91. The Bertz CT molecular complexity index is 273. The summed E-state index contributed by atoms with van der Waals surface area (Å²) in [6.07, 6.45) is 6.32. The van der Waals surface area contributed by atoms with Crippen LogP contribution in [-0.2, 0) is 12.8 Å². The van der Waals surface area contributed by atoms with Crippen molar-refractivity contribution in [2.24, 2.45) is 0 Å². The van der Waals surface area contributed by atoms with Crippen LogP contribution in [0.25, 0.3) is 0 Å². The maximum absolute atomic E-state index is 3.47. The molecule has 0 saturated carbocycles. The first-order valence-corrected chi connectivity index (χ1v) is 8.21. The molecule has 0 fully saturated rings. The number of aryl methyl sites for hydroxylation is 2. The summed E-state index contributed by atoms with van der Waals surface area (Å²) in [5, 5.41) is 1.13. The molecule has 0 N–H and O–H groups in total. The van der Waals surface area contributed by atoms with Crippen molar-refractivity contribution in [1.82, 2.24) is 0 Å². The van der Waals surface area contributed by atoms with Gasteiger partial charge in [0.1, 0.15) is 0 Å². The van der Waals surface area contributed by atoms with E-state index in [0.29, 0.717) is 0 Å². The molecule has 0 unspecified atom stereocenters. The summed E-state index contributed by atoms with van der Waals surface area (Å²) in [5.74, 6) is 0. The van der Waals surface area contributed by atoms with Crippen molar-refractivity contribution in [1.29, 1.82) is 0 Å². The van der Waals surface area contributed by atoms with Crippen LogP contribution in [0.5, 0.6) is 0 Å². The average molecular weight is 381 g/mol. The molecule has 84 valence electrons. The quantitative estimate of drug-likeness (QED) is 0.363. The molecule has 0 nitrogen and oxygen atoms in total. The predicted molar refractivity (Wildman–Crippen MR) is 80.4 cm³/mol. The molecule has 0 atom stereocenters. The molecule has 15 heavy (non-hydrogen) atoms. The Kier molecular flexibility index (Phi) is 7.71. The lowest BCUT2D eigenvalue weighted by Crippen LogP contribution is -1.90. The fraction of sp³-hybridized carbons (Fsp3) is 0.538. The van der Waals surface area contributed by atoms with Crippen molar-refractivity contribution in [2.45, 2.75) is 32.1 Å². The summed E-state index contributed by atoms with van der Waals surface area (Å²) in [7, 11) is 0. The van der Waals surface area contributed by atoms with Crippen LogP contribution in [0.15, 0.2) is 24.3 Å². The van der Waals surface area contributed by atoms with Gasteiger partial charge >= 0.3 is 0 Å². The van der Waals surface area contributed by atoms with Crippen molar-refractivity contribution in [3.63, 3.8) is 0 Å². The van der Waals surface area contributed by atoms with Crippen molar-refractivity contribution in [2.75, 3.05) is 9.76 Å². The molecule has 0 bridgehead atoms. The monoisotopic (exact) mass is 380 g/mol. The first kappa shape index (κ1) is 13.5. The van der Waals surface area contributed by atoms with E-state index in [9.17, 15) is 0 Å². The minimum absolute atomic E-state index is 1.13. The van der Waals surface area contributed by atoms with Gasteiger partial charge in [-0.3, -0.25) is 0 Å². The van der Waals surface area contributed by atoms with E-state index in [1.54, 1.807) is 0 Å². The highest BCUT2D eigenvalue weighted by Crippen LogP contribution is 2.11. The van der Waals surface area contributed by atoms with Gasteiger partial charge < -0.3 is 0 Å². The lowest BCUT2D eigenvalue weighted by atomic mass is 10.0. The number of hydrogen-bond acceptors (Lipinski definition) is 0. The summed E-state index contributed by atoms with van der Waals surface area (Å²) < 4.78 is 1.26. The second-order valence-corrected chi connectivity index (χ2v) is 5.63. The van der Waals surface area contributed by atoms with Crippen LogP contribution in [-0.4, -0.2) is 9.76 Å². The average Bonchev–Trinajstić information content (AvgIpc) is 2.27. The molecule has 0 radical (unpaired) electrons. The summed E-state index contributed by atoms with van der Waals surface area (Å²) in [6.45, 7) is 0. The molecule has 0 heterocycles. The Morgan fingerprint density at radius 3 is 2.27 bits per heavy atom. The van der Waals surface area contributed by atoms with Crippen LogP contribution in [0.2, 0.25) is 0 Å².